The minimum atomic E-state index is -0.930. The molecule has 36 heavy (non-hydrogen) atoms. The number of carbonyl (C=O) groups is 2. The van der Waals surface area contributed by atoms with Gasteiger partial charge in [0.2, 0.25) is 0 Å². The van der Waals surface area contributed by atoms with E-state index in [2.05, 4.69) is 5.32 Å². The highest BCUT2D eigenvalue weighted by Crippen LogP contribution is 2.34. The van der Waals surface area contributed by atoms with Gasteiger partial charge in [-0.25, -0.2) is 9.59 Å². The van der Waals surface area contributed by atoms with Gasteiger partial charge in [0, 0.05) is 6.07 Å². The van der Waals surface area contributed by atoms with E-state index in [4.69, 9.17) is 23.4 Å². The van der Waals surface area contributed by atoms with Gasteiger partial charge in [-0.3, -0.25) is 4.79 Å². The molecule has 1 unspecified atom stereocenters. The summed E-state index contributed by atoms with van der Waals surface area (Å²) in [6, 6.07) is 8.85. The van der Waals surface area contributed by atoms with Crippen molar-refractivity contribution in [3.63, 3.8) is 0 Å². The van der Waals surface area contributed by atoms with E-state index in [9.17, 15) is 14.4 Å². The van der Waals surface area contributed by atoms with E-state index in [1.165, 1.54) is 24.5 Å². The molecule has 0 fully saturated rings. The molecule has 0 aliphatic carbocycles. The molecule has 0 saturated carbocycles. The number of ether oxygens (including phenoxy) is 4. The monoisotopic (exact) mass is 495 g/mol. The van der Waals surface area contributed by atoms with E-state index < -0.39 is 23.7 Å². The Hall–Kier alpha value is -4.01. The van der Waals surface area contributed by atoms with Crippen LogP contribution in [0.2, 0.25) is 0 Å². The fourth-order valence-corrected chi connectivity index (χ4v) is 3.69. The molecule has 0 spiro atoms. The molecule has 2 heterocycles. The lowest BCUT2D eigenvalue weighted by molar-refractivity contribution is -0.137. The minimum absolute atomic E-state index is 0.180. The molecule has 1 N–H and O–H groups in total. The highest BCUT2D eigenvalue weighted by Gasteiger charge is 2.29. The number of benzene rings is 2. The second-order valence-electron chi connectivity index (χ2n) is 9.78. The average molecular weight is 496 g/mol. The van der Waals surface area contributed by atoms with Crippen molar-refractivity contribution < 1.29 is 33.0 Å². The Bertz CT molecular complexity index is 1350. The van der Waals surface area contributed by atoms with Crippen LogP contribution >= 0.6 is 0 Å². The van der Waals surface area contributed by atoms with Crippen LogP contribution in [0.1, 0.15) is 34.6 Å². The Balaban J connectivity index is 1.54. The third kappa shape index (κ3) is 5.62. The molecule has 0 bridgehead atoms. The summed E-state index contributed by atoms with van der Waals surface area (Å²) in [4.78, 5) is 38.1. The number of rotatable bonds is 5. The molecule has 3 aromatic rings. The fraction of sp³-hybridized carbons (Fsp3) is 0.370. The van der Waals surface area contributed by atoms with Crippen molar-refractivity contribution in [2.24, 2.45) is 5.92 Å². The van der Waals surface area contributed by atoms with Crippen molar-refractivity contribution in [3.8, 4) is 28.4 Å². The van der Waals surface area contributed by atoms with Crippen LogP contribution in [-0.4, -0.2) is 36.9 Å². The number of amides is 1. The van der Waals surface area contributed by atoms with E-state index in [-0.39, 0.29) is 22.7 Å². The zero-order valence-corrected chi connectivity index (χ0v) is 20.9. The van der Waals surface area contributed by atoms with Gasteiger partial charge in [0.05, 0.1) is 10.9 Å². The van der Waals surface area contributed by atoms with Crippen LogP contribution < -0.4 is 25.0 Å². The second kappa shape index (κ2) is 9.93. The van der Waals surface area contributed by atoms with Gasteiger partial charge in [-0.15, -0.1) is 0 Å². The lowest BCUT2D eigenvalue weighted by atomic mass is 10.0. The van der Waals surface area contributed by atoms with Crippen molar-refractivity contribution in [2.75, 3.05) is 13.2 Å². The van der Waals surface area contributed by atoms with E-state index in [1.54, 1.807) is 52.8 Å². The van der Waals surface area contributed by atoms with Crippen LogP contribution in [-0.2, 0) is 9.53 Å². The third-order valence-corrected chi connectivity index (χ3v) is 5.41. The summed E-state index contributed by atoms with van der Waals surface area (Å²) in [5, 5.41) is 2.89. The summed E-state index contributed by atoms with van der Waals surface area (Å²) >= 11 is 0. The van der Waals surface area contributed by atoms with Gasteiger partial charge in [-0.1, -0.05) is 19.9 Å². The van der Waals surface area contributed by atoms with Gasteiger partial charge in [0.15, 0.2) is 16.9 Å². The first kappa shape index (κ1) is 25.1. The molecule has 1 atom stereocenters. The maximum Gasteiger partial charge on any atom is 0.408 e. The zero-order valence-electron chi connectivity index (χ0n) is 20.9. The molecule has 190 valence electrons. The Labute approximate surface area is 208 Å². The number of hydrogen-bond donors (Lipinski definition) is 1. The van der Waals surface area contributed by atoms with Crippen molar-refractivity contribution in [1.82, 2.24) is 5.32 Å². The summed E-state index contributed by atoms with van der Waals surface area (Å²) in [5.41, 5.74) is 0.318. The van der Waals surface area contributed by atoms with Gasteiger partial charge >= 0.3 is 12.1 Å². The molecule has 2 aromatic carbocycles. The van der Waals surface area contributed by atoms with Gasteiger partial charge in [-0.2, -0.15) is 0 Å². The SMILES string of the molecule is CC(C)C(NC(=O)OC(C)(C)C)C(=O)Oc1ccc2c(=O)c(-c3ccc4c(c3)OCCO4)coc2c1. The lowest BCUT2D eigenvalue weighted by Gasteiger charge is -2.24. The summed E-state index contributed by atoms with van der Waals surface area (Å²) in [7, 11) is 0. The van der Waals surface area contributed by atoms with Gasteiger partial charge in [0.25, 0.3) is 0 Å². The first-order chi connectivity index (χ1) is 17.0. The van der Waals surface area contributed by atoms with E-state index in [1.807, 2.05) is 0 Å². The molecule has 4 rings (SSSR count). The van der Waals surface area contributed by atoms with Crippen molar-refractivity contribution >= 4 is 23.0 Å². The number of fused-ring (bicyclic) bond motifs is 2. The Morgan fingerprint density at radius 3 is 2.42 bits per heavy atom. The molecule has 9 heteroatoms. The molecule has 1 amide bonds. The van der Waals surface area contributed by atoms with Crippen LogP contribution in [0.25, 0.3) is 22.1 Å². The van der Waals surface area contributed by atoms with Crippen LogP contribution in [0.3, 0.4) is 0 Å². The highest BCUT2D eigenvalue weighted by molar-refractivity contribution is 5.86. The summed E-state index contributed by atoms with van der Waals surface area (Å²) < 4.78 is 27.6. The molecular weight excluding hydrogens is 466 g/mol. The number of carbonyl (C=O) groups excluding carboxylic acids is 2. The first-order valence-corrected chi connectivity index (χ1v) is 11.7. The Morgan fingerprint density at radius 2 is 1.72 bits per heavy atom. The van der Waals surface area contributed by atoms with Crippen molar-refractivity contribution in [1.29, 1.82) is 0 Å². The van der Waals surface area contributed by atoms with Crippen molar-refractivity contribution in [2.45, 2.75) is 46.3 Å². The minimum Gasteiger partial charge on any atom is -0.486 e. The Morgan fingerprint density at radius 1 is 1.00 bits per heavy atom. The molecule has 0 radical (unpaired) electrons. The maximum absolute atomic E-state index is 13.2. The smallest absolute Gasteiger partial charge is 0.408 e. The molecular formula is C27H29NO8. The topological polar surface area (TPSA) is 113 Å². The van der Waals surface area contributed by atoms with E-state index in [0.717, 1.165) is 0 Å². The van der Waals surface area contributed by atoms with Crippen LogP contribution in [0.15, 0.2) is 51.9 Å². The lowest BCUT2D eigenvalue weighted by Crippen LogP contribution is -2.48. The quantitative estimate of drug-likeness (QED) is 0.401. The Kier molecular flexibility index (Phi) is 6.92. The molecule has 0 saturated heterocycles. The van der Waals surface area contributed by atoms with Gasteiger partial charge < -0.3 is 28.7 Å². The van der Waals surface area contributed by atoms with Crippen LogP contribution in [0.5, 0.6) is 17.2 Å². The number of esters is 1. The number of nitrogens with one attached hydrogen (secondary N) is 1. The largest absolute Gasteiger partial charge is 0.486 e. The fourth-order valence-electron chi connectivity index (χ4n) is 3.69. The molecule has 1 aromatic heterocycles. The third-order valence-electron chi connectivity index (χ3n) is 5.41. The summed E-state index contributed by atoms with van der Waals surface area (Å²) in [6.07, 6.45) is 0.650. The summed E-state index contributed by atoms with van der Waals surface area (Å²) in [6.45, 7) is 9.68. The standard InChI is InChI=1S/C27H29NO8/c1-15(2)23(28-26(31)36-27(3,4)5)25(30)35-17-7-8-18-21(13-17)34-14-19(24(18)29)16-6-9-20-22(12-16)33-11-10-32-20/h6-9,12-15,23H,10-11H2,1-5H3,(H,28,31). The predicted molar refractivity (Wildman–Crippen MR) is 133 cm³/mol. The van der Waals surface area contributed by atoms with Gasteiger partial charge in [-0.05, 0) is 56.5 Å². The average Bonchev–Trinajstić information content (AvgIpc) is 2.81. The zero-order chi connectivity index (χ0) is 26.0. The maximum atomic E-state index is 13.2. The highest BCUT2D eigenvalue weighted by atomic mass is 16.6. The van der Waals surface area contributed by atoms with E-state index in [0.29, 0.717) is 41.2 Å². The van der Waals surface area contributed by atoms with Gasteiger partial charge in [0.1, 0.15) is 42.5 Å². The first-order valence-electron chi connectivity index (χ1n) is 11.7. The predicted octanol–water partition coefficient (Wildman–Crippen LogP) is 4.69. The molecule has 1 aliphatic heterocycles. The number of alkyl carbamates (subject to hydrolysis) is 1. The molecule has 9 nitrogen and oxygen atoms in total. The number of hydrogen-bond acceptors (Lipinski definition) is 8. The van der Waals surface area contributed by atoms with E-state index >= 15 is 0 Å². The van der Waals surface area contributed by atoms with Crippen LogP contribution in [0, 0.1) is 5.92 Å². The molecule has 1 aliphatic rings. The van der Waals surface area contributed by atoms with Crippen molar-refractivity contribution in [3.05, 3.63) is 52.9 Å². The van der Waals surface area contributed by atoms with Crippen LogP contribution in [0.4, 0.5) is 4.79 Å². The normalized spacial score (nSPS) is 13.8. The summed E-state index contributed by atoms with van der Waals surface area (Å²) in [5.74, 6) is 0.462. The second-order valence-corrected chi connectivity index (χ2v) is 9.78.